The number of nitrogens with one attached hydrogen (secondary N) is 2. The predicted molar refractivity (Wildman–Crippen MR) is 88.9 cm³/mol. The number of fused-ring (bicyclic) bond motifs is 1. The van der Waals surface area contributed by atoms with E-state index >= 15 is 0 Å². The zero-order valence-electron chi connectivity index (χ0n) is 13.4. The van der Waals surface area contributed by atoms with Gasteiger partial charge in [-0.2, -0.15) is 0 Å². The van der Waals surface area contributed by atoms with Crippen LogP contribution in [0.3, 0.4) is 0 Å². The van der Waals surface area contributed by atoms with Crippen LogP contribution in [0.25, 0.3) is 0 Å². The van der Waals surface area contributed by atoms with E-state index in [2.05, 4.69) is 24.5 Å². The highest BCUT2D eigenvalue weighted by molar-refractivity contribution is 5.95. The standard InChI is InChI=1S/C18H28N2O/c1-3-5-7-14(4-2)13-20-18(21)16-9-10-17-15(12-16)8-6-11-19-17/h9-10,12,14,19H,3-8,11,13H2,1-2H3,(H,20,21). The molecule has 0 aromatic heterocycles. The van der Waals surface area contributed by atoms with E-state index in [4.69, 9.17) is 0 Å². The molecule has 3 heteroatoms. The number of hydrogen-bond donors (Lipinski definition) is 2. The van der Waals surface area contributed by atoms with Gasteiger partial charge in [-0.15, -0.1) is 0 Å². The molecule has 1 aromatic carbocycles. The average Bonchev–Trinajstić information content (AvgIpc) is 2.54. The second-order valence-electron chi connectivity index (χ2n) is 6.03. The van der Waals surface area contributed by atoms with Crippen molar-refractivity contribution >= 4 is 11.6 Å². The summed E-state index contributed by atoms with van der Waals surface area (Å²) >= 11 is 0. The number of unbranched alkanes of at least 4 members (excludes halogenated alkanes) is 1. The number of rotatable bonds is 7. The van der Waals surface area contributed by atoms with Crippen molar-refractivity contribution in [3.63, 3.8) is 0 Å². The molecule has 1 atom stereocenters. The lowest BCUT2D eigenvalue weighted by Crippen LogP contribution is -2.29. The van der Waals surface area contributed by atoms with E-state index in [0.717, 1.165) is 37.9 Å². The lowest BCUT2D eigenvalue weighted by atomic mass is 9.98. The number of carbonyl (C=O) groups is 1. The first-order chi connectivity index (χ1) is 10.2. The van der Waals surface area contributed by atoms with Crippen molar-refractivity contribution in [3.8, 4) is 0 Å². The minimum absolute atomic E-state index is 0.0679. The Bertz CT molecular complexity index is 470. The number of benzene rings is 1. The van der Waals surface area contributed by atoms with E-state index in [-0.39, 0.29) is 5.91 Å². The van der Waals surface area contributed by atoms with Crippen molar-refractivity contribution in [1.82, 2.24) is 5.32 Å². The van der Waals surface area contributed by atoms with E-state index in [9.17, 15) is 4.79 Å². The van der Waals surface area contributed by atoms with Crippen LogP contribution in [0.1, 0.15) is 61.9 Å². The fourth-order valence-corrected chi connectivity index (χ4v) is 2.90. The quantitative estimate of drug-likeness (QED) is 0.796. The molecule has 21 heavy (non-hydrogen) atoms. The van der Waals surface area contributed by atoms with Crippen molar-refractivity contribution in [2.75, 3.05) is 18.4 Å². The highest BCUT2D eigenvalue weighted by Crippen LogP contribution is 2.23. The van der Waals surface area contributed by atoms with Crippen molar-refractivity contribution in [2.24, 2.45) is 5.92 Å². The van der Waals surface area contributed by atoms with E-state index in [1.165, 1.54) is 30.5 Å². The molecule has 1 aliphatic heterocycles. The molecule has 1 unspecified atom stereocenters. The summed E-state index contributed by atoms with van der Waals surface area (Å²) in [6.45, 7) is 6.25. The normalized spacial score (nSPS) is 15.0. The van der Waals surface area contributed by atoms with Gasteiger partial charge in [-0.25, -0.2) is 0 Å². The molecule has 1 amide bonds. The van der Waals surface area contributed by atoms with Gasteiger partial charge in [-0.3, -0.25) is 4.79 Å². The maximum Gasteiger partial charge on any atom is 0.251 e. The Kier molecular flexibility index (Phi) is 6.09. The fraction of sp³-hybridized carbons (Fsp3) is 0.611. The molecule has 0 radical (unpaired) electrons. The number of carbonyl (C=O) groups excluding carboxylic acids is 1. The van der Waals surface area contributed by atoms with E-state index in [1.807, 2.05) is 18.2 Å². The highest BCUT2D eigenvalue weighted by Gasteiger charge is 2.13. The fourth-order valence-electron chi connectivity index (χ4n) is 2.90. The minimum Gasteiger partial charge on any atom is -0.385 e. The van der Waals surface area contributed by atoms with Crippen LogP contribution in [0, 0.1) is 5.92 Å². The molecule has 1 aromatic rings. The smallest absolute Gasteiger partial charge is 0.251 e. The van der Waals surface area contributed by atoms with E-state index < -0.39 is 0 Å². The van der Waals surface area contributed by atoms with Crippen molar-refractivity contribution in [1.29, 1.82) is 0 Å². The van der Waals surface area contributed by atoms with Gasteiger partial charge in [0.1, 0.15) is 0 Å². The molecule has 0 saturated carbocycles. The predicted octanol–water partition coefficient (Wildman–Crippen LogP) is 3.99. The molecular formula is C18H28N2O. The molecule has 0 aliphatic carbocycles. The molecular weight excluding hydrogens is 260 g/mol. The van der Waals surface area contributed by atoms with Crippen molar-refractivity contribution in [2.45, 2.75) is 52.4 Å². The lowest BCUT2D eigenvalue weighted by Gasteiger charge is -2.19. The first-order valence-electron chi connectivity index (χ1n) is 8.39. The molecule has 0 fully saturated rings. The third kappa shape index (κ3) is 4.48. The Morgan fingerprint density at radius 3 is 3.00 bits per heavy atom. The topological polar surface area (TPSA) is 41.1 Å². The first kappa shape index (κ1) is 15.9. The third-order valence-electron chi connectivity index (χ3n) is 4.40. The maximum atomic E-state index is 12.3. The van der Waals surface area contributed by atoms with Gasteiger partial charge in [-0.1, -0.05) is 33.1 Å². The Labute approximate surface area is 128 Å². The molecule has 2 rings (SSSR count). The van der Waals surface area contributed by atoms with Crippen LogP contribution in [-0.2, 0) is 6.42 Å². The second kappa shape index (κ2) is 8.06. The SMILES string of the molecule is CCCCC(CC)CNC(=O)c1ccc2c(c1)CCCN2. The number of aryl methyl sites for hydroxylation is 1. The van der Waals surface area contributed by atoms with E-state index in [1.54, 1.807) is 0 Å². The Morgan fingerprint density at radius 2 is 2.24 bits per heavy atom. The van der Waals surface area contributed by atoms with Gasteiger partial charge in [0.15, 0.2) is 0 Å². The molecule has 2 N–H and O–H groups in total. The van der Waals surface area contributed by atoms with Crippen LogP contribution < -0.4 is 10.6 Å². The zero-order valence-corrected chi connectivity index (χ0v) is 13.4. The molecule has 3 nitrogen and oxygen atoms in total. The Balaban J connectivity index is 1.90. The van der Waals surface area contributed by atoms with Gasteiger partial charge in [0.2, 0.25) is 0 Å². The van der Waals surface area contributed by atoms with Crippen LogP contribution >= 0.6 is 0 Å². The minimum atomic E-state index is 0.0679. The summed E-state index contributed by atoms with van der Waals surface area (Å²) in [4.78, 5) is 12.3. The van der Waals surface area contributed by atoms with Crippen LogP contribution in [0.5, 0.6) is 0 Å². The zero-order chi connectivity index (χ0) is 15.1. The van der Waals surface area contributed by atoms with Gasteiger partial charge >= 0.3 is 0 Å². The summed E-state index contributed by atoms with van der Waals surface area (Å²) in [5.74, 6) is 0.673. The summed E-state index contributed by atoms with van der Waals surface area (Å²) < 4.78 is 0. The summed E-state index contributed by atoms with van der Waals surface area (Å²) in [6, 6.07) is 6.01. The molecule has 0 bridgehead atoms. The largest absolute Gasteiger partial charge is 0.385 e. The van der Waals surface area contributed by atoms with Gasteiger partial charge in [0, 0.05) is 24.3 Å². The van der Waals surface area contributed by atoms with Crippen LogP contribution in [0.2, 0.25) is 0 Å². The third-order valence-corrected chi connectivity index (χ3v) is 4.40. The van der Waals surface area contributed by atoms with Crippen molar-refractivity contribution < 1.29 is 4.79 Å². The van der Waals surface area contributed by atoms with E-state index in [0.29, 0.717) is 5.92 Å². The summed E-state index contributed by atoms with van der Waals surface area (Å²) in [5, 5.41) is 6.49. The highest BCUT2D eigenvalue weighted by atomic mass is 16.1. The molecule has 1 aliphatic rings. The Hall–Kier alpha value is -1.51. The first-order valence-corrected chi connectivity index (χ1v) is 8.39. The average molecular weight is 288 g/mol. The Morgan fingerprint density at radius 1 is 1.38 bits per heavy atom. The number of hydrogen-bond acceptors (Lipinski definition) is 2. The number of anilines is 1. The summed E-state index contributed by atoms with van der Waals surface area (Å²) in [6.07, 6.45) is 7.03. The molecule has 1 heterocycles. The van der Waals surface area contributed by atoms with Gasteiger partial charge < -0.3 is 10.6 Å². The van der Waals surface area contributed by atoms with Crippen LogP contribution in [0.15, 0.2) is 18.2 Å². The summed E-state index contributed by atoms with van der Waals surface area (Å²) in [5.41, 5.74) is 3.25. The lowest BCUT2D eigenvalue weighted by molar-refractivity contribution is 0.0945. The molecule has 0 spiro atoms. The molecule has 0 saturated heterocycles. The number of amides is 1. The maximum absolute atomic E-state index is 12.3. The summed E-state index contributed by atoms with van der Waals surface area (Å²) in [7, 11) is 0. The van der Waals surface area contributed by atoms with Crippen LogP contribution in [0.4, 0.5) is 5.69 Å². The van der Waals surface area contributed by atoms with Gasteiger partial charge in [0.25, 0.3) is 5.91 Å². The monoisotopic (exact) mass is 288 g/mol. The van der Waals surface area contributed by atoms with Crippen molar-refractivity contribution in [3.05, 3.63) is 29.3 Å². The van der Waals surface area contributed by atoms with Gasteiger partial charge in [0.05, 0.1) is 0 Å². The molecule has 116 valence electrons. The van der Waals surface area contributed by atoms with Crippen LogP contribution in [-0.4, -0.2) is 19.0 Å². The second-order valence-corrected chi connectivity index (χ2v) is 6.03. The van der Waals surface area contributed by atoms with Gasteiger partial charge in [-0.05, 0) is 48.9 Å².